The number of rotatable bonds is 7. The first-order valence-electron chi connectivity index (χ1n) is 10.2. The van der Waals surface area contributed by atoms with Crippen LogP contribution in [0.4, 0.5) is 0 Å². The van der Waals surface area contributed by atoms with Gasteiger partial charge in [-0.15, -0.1) is 0 Å². The molecule has 2 aliphatic heterocycles. The van der Waals surface area contributed by atoms with Crippen LogP contribution in [0.3, 0.4) is 0 Å². The molecule has 2 saturated heterocycles. The molecule has 0 bridgehead atoms. The van der Waals surface area contributed by atoms with Gasteiger partial charge < -0.3 is 10.1 Å². The number of piperidine rings is 1. The number of aromatic nitrogens is 2. The summed E-state index contributed by atoms with van der Waals surface area (Å²) in [5, 5.41) is 7.19. The van der Waals surface area contributed by atoms with E-state index in [4.69, 9.17) is 4.74 Å². The number of carbonyl (C=O) groups excluding carboxylic acids is 1. The molecule has 1 aromatic rings. The predicted octanol–water partition coefficient (Wildman–Crippen LogP) is 2.45. The van der Waals surface area contributed by atoms with Crippen LogP contribution in [0, 0.1) is 0 Å². The van der Waals surface area contributed by atoms with Crippen molar-refractivity contribution in [2.24, 2.45) is 7.05 Å². The van der Waals surface area contributed by atoms with Crippen molar-refractivity contribution in [2.45, 2.75) is 64.1 Å². The largest absolute Gasteiger partial charge is 0.370 e. The number of carbonyl (C=O) groups is 1. The van der Waals surface area contributed by atoms with E-state index in [9.17, 15) is 4.79 Å². The highest BCUT2D eigenvalue weighted by molar-refractivity contribution is 5.76. The maximum absolute atomic E-state index is 12.1. The molecule has 1 atom stereocenters. The van der Waals surface area contributed by atoms with Gasteiger partial charge in [0.05, 0.1) is 17.9 Å². The zero-order chi connectivity index (χ0) is 19.3. The van der Waals surface area contributed by atoms with E-state index in [1.54, 1.807) is 4.68 Å². The van der Waals surface area contributed by atoms with Gasteiger partial charge in [-0.25, -0.2) is 0 Å². The van der Waals surface area contributed by atoms with E-state index in [0.29, 0.717) is 13.0 Å². The van der Waals surface area contributed by atoms with Crippen LogP contribution >= 0.6 is 0 Å². The Labute approximate surface area is 162 Å². The van der Waals surface area contributed by atoms with Crippen molar-refractivity contribution < 1.29 is 9.53 Å². The summed E-state index contributed by atoms with van der Waals surface area (Å²) in [5.74, 6) is 0.0972. The molecule has 0 aromatic carbocycles. The van der Waals surface area contributed by atoms with Gasteiger partial charge in [-0.3, -0.25) is 14.4 Å². The average molecular weight is 375 g/mol. The Morgan fingerprint density at radius 3 is 2.81 bits per heavy atom. The normalized spacial score (nSPS) is 22.1. The van der Waals surface area contributed by atoms with Gasteiger partial charge in [-0.2, -0.15) is 5.10 Å². The summed E-state index contributed by atoms with van der Waals surface area (Å²) in [4.78, 5) is 14.6. The fraction of sp³-hybridized carbons (Fsp3) is 0.714. The summed E-state index contributed by atoms with van der Waals surface area (Å²) in [6, 6.07) is 0. The molecule has 0 aliphatic carbocycles. The van der Waals surface area contributed by atoms with Gasteiger partial charge in [-0.05, 0) is 51.5 Å². The lowest BCUT2D eigenvalue weighted by atomic mass is 9.88. The third-order valence-electron chi connectivity index (χ3n) is 5.79. The van der Waals surface area contributed by atoms with Gasteiger partial charge in [0.15, 0.2) is 0 Å². The number of hydrogen-bond donors (Lipinski definition) is 1. The van der Waals surface area contributed by atoms with E-state index >= 15 is 0 Å². The molecule has 1 unspecified atom stereocenters. The highest BCUT2D eigenvalue weighted by Crippen LogP contribution is 2.38. The smallest absolute Gasteiger partial charge is 0.220 e. The maximum Gasteiger partial charge on any atom is 0.220 e. The second-order valence-corrected chi connectivity index (χ2v) is 8.37. The number of nitrogens with zero attached hydrogens (tertiary/aromatic N) is 3. The van der Waals surface area contributed by atoms with Crippen molar-refractivity contribution in [3.63, 3.8) is 0 Å². The molecule has 1 spiro atoms. The number of allylic oxidation sites excluding steroid dienone is 1. The molecule has 6 nitrogen and oxygen atoms in total. The lowest BCUT2D eigenvalue weighted by Crippen LogP contribution is -2.45. The fourth-order valence-electron chi connectivity index (χ4n) is 4.04. The average Bonchev–Trinajstić information content (AvgIpc) is 3.24. The first kappa shape index (κ1) is 20.1. The molecule has 0 saturated carbocycles. The van der Waals surface area contributed by atoms with Crippen LogP contribution in [0.1, 0.15) is 51.5 Å². The monoisotopic (exact) mass is 374 g/mol. The van der Waals surface area contributed by atoms with Crippen molar-refractivity contribution in [3.05, 3.63) is 29.6 Å². The Balaban J connectivity index is 1.35. The topological polar surface area (TPSA) is 59.4 Å². The fourth-order valence-corrected chi connectivity index (χ4v) is 4.04. The number of amides is 1. The molecule has 1 amide bonds. The molecule has 6 heteroatoms. The van der Waals surface area contributed by atoms with Gasteiger partial charge in [0.2, 0.25) is 5.91 Å². The summed E-state index contributed by atoms with van der Waals surface area (Å²) in [5.41, 5.74) is 2.53. The summed E-state index contributed by atoms with van der Waals surface area (Å²) in [6.45, 7) is 8.20. The van der Waals surface area contributed by atoms with Gasteiger partial charge in [0, 0.05) is 45.8 Å². The lowest BCUT2D eigenvalue weighted by Gasteiger charge is -2.39. The van der Waals surface area contributed by atoms with Crippen molar-refractivity contribution in [2.75, 3.05) is 26.2 Å². The van der Waals surface area contributed by atoms with E-state index in [1.165, 1.54) is 5.57 Å². The van der Waals surface area contributed by atoms with Crippen LogP contribution in [0.25, 0.3) is 0 Å². The number of nitrogens with one attached hydrogen (secondary N) is 1. The highest BCUT2D eigenvalue weighted by Gasteiger charge is 2.42. The number of aryl methyl sites for hydroxylation is 2. The minimum Gasteiger partial charge on any atom is -0.370 e. The van der Waals surface area contributed by atoms with E-state index in [-0.39, 0.29) is 17.6 Å². The highest BCUT2D eigenvalue weighted by atomic mass is 16.5. The minimum absolute atomic E-state index is 0.0482. The first-order chi connectivity index (χ1) is 12.9. The van der Waals surface area contributed by atoms with E-state index in [0.717, 1.165) is 57.3 Å². The van der Waals surface area contributed by atoms with Crippen LogP contribution in [0.15, 0.2) is 24.0 Å². The Hall–Kier alpha value is -1.66. The number of ether oxygens (including phenoxy) is 1. The van der Waals surface area contributed by atoms with E-state index < -0.39 is 0 Å². The standard InChI is InChI=1S/C21H34N4O2/c1-17(2)7-11-25-12-9-21(10-13-25)8-6-19(27-21)15-22-20(26)5-4-18-14-23-24(3)16-18/h7,14,16,19H,4-6,8-13,15H2,1-3H3,(H,22,26). The molecule has 3 rings (SSSR count). The Kier molecular flexibility index (Phi) is 6.71. The van der Waals surface area contributed by atoms with E-state index in [1.807, 2.05) is 19.4 Å². The van der Waals surface area contributed by atoms with Crippen LogP contribution in [-0.2, 0) is 23.0 Å². The first-order valence-corrected chi connectivity index (χ1v) is 10.2. The maximum atomic E-state index is 12.1. The second kappa shape index (κ2) is 9.02. The van der Waals surface area contributed by atoms with Gasteiger partial charge in [0.1, 0.15) is 0 Å². The minimum atomic E-state index is 0.0482. The number of hydrogen-bond acceptors (Lipinski definition) is 4. The van der Waals surface area contributed by atoms with Crippen LogP contribution in [0.5, 0.6) is 0 Å². The molecule has 150 valence electrons. The van der Waals surface area contributed by atoms with Gasteiger partial charge in [0.25, 0.3) is 0 Å². The van der Waals surface area contributed by atoms with Crippen molar-refractivity contribution in [3.8, 4) is 0 Å². The van der Waals surface area contributed by atoms with Gasteiger partial charge >= 0.3 is 0 Å². The molecular formula is C21H34N4O2. The Bertz CT molecular complexity index is 655. The second-order valence-electron chi connectivity index (χ2n) is 8.37. The van der Waals surface area contributed by atoms with Crippen LogP contribution < -0.4 is 5.32 Å². The molecule has 0 radical (unpaired) electrons. The number of likely N-dealkylation sites (tertiary alicyclic amines) is 1. The molecule has 1 aromatic heterocycles. The summed E-state index contributed by atoms with van der Waals surface area (Å²) in [7, 11) is 1.89. The van der Waals surface area contributed by atoms with Crippen molar-refractivity contribution in [1.29, 1.82) is 0 Å². The quantitative estimate of drug-likeness (QED) is 0.745. The zero-order valence-electron chi connectivity index (χ0n) is 17.0. The molecule has 3 heterocycles. The Morgan fingerprint density at radius 2 is 2.15 bits per heavy atom. The Morgan fingerprint density at radius 1 is 1.37 bits per heavy atom. The molecule has 2 aliphatic rings. The van der Waals surface area contributed by atoms with E-state index in [2.05, 4.69) is 35.2 Å². The predicted molar refractivity (Wildman–Crippen MR) is 106 cm³/mol. The molecule has 1 N–H and O–H groups in total. The lowest BCUT2D eigenvalue weighted by molar-refractivity contribution is -0.122. The third-order valence-corrected chi connectivity index (χ3v) is 5.79. The molecule has 2 fully saturated rings. The summed E-state index contributed by atoms with van der Waals surface area (Å²) < 4.78 is 8.18. The van der Waals surface area contributed by atoms with Crippen LogP contribution in [-0.4, -0.2) is 58.5 Å². The molecular weight excluding hydrogens is 340 g/mol. The molecule has 27 heavy (non-hydrogen) atoms. The third kappa shape index (κ3) is 5.91. The summed E-state index contributed by atoms with van der Waals surface area (Å²) in [6.07, 6.45) is 11.9. The van der Waals surface area contributed by atoms with Crippen molar-refractivity contribution >= 4 is 5.91 Å². The zero-order valence-corrected chi connectivity index (χ0v) is 17.0. The SMILES string of the molecule is CC(C)=CCN1CCC2(CCC(CNC(=O)CCc3cnn(C)c3)O2)CC1. The summed E-state index contributed by atoms with van der Waals surface area (Å²) >= 11 is 0. The van der Waals surface area contributed by atoms with Crippen LogP contribution in [0.2, 0.25) is 0 Å². The van der Waals surface area contributed by atoms with Gasteiger partial charge in [-0.1, -0.05) is 11.6 Å². The van der Waals surface area contributed by atoms with Crippen molar-refractivity contribution in [1.82, 2.24) is 20.0 Å².